The second kappa shape index (κ2) is 6.30. The van der Waals surface area contributed by atoms with Crippen LogP contribution in [0.15, 0.2) is 30.5 Å². The molecule has 0 saturated carbocycles. The lowest BCUT2D eigenvalue weighted by Crippen LogP contribution is -2.34. The molecule has 1 N–H and O–H groups in total. The number of halogens is 3. The summed E-state index contributed by atoms with van der Waals surface area (Å²) in [6, 6.07) is 6.02. The zero-order valence-corrected chi connectivity index (χ0v) is 13.9. The number of imidazole rings is 1. The Hall–Kier alpha value is -2.13. The highest BCUT2D eigenvalue weighted by molar-refractivity contribution is 7.15. The highest BCUT2D eigenvalue weighted by Gasteiger charge is 2.32. The average molecular weight is 368 g/mol. The molecule has 25 heavy (non-hydrogen) atoms. The van der Waals surface area contributed by atoms with Crippen LogP contribution in [-0.4, -0.2) is 33.8 Å². The van der Waals surface area contributed by atoms with Crippen LogP contribution in [0.2, 0.25) is 0 Å². The van der Waals surface area contributed by atoms with Crippen LogP contribution in [0.4, 0.5) is 13.2 Å². The molecule has 5 nitrogen and oxygen atoms in total. The lowest BCUT2D eigenvalue weighted by atomic mass is 10.1. The first-order chi connectivity index (χ1) is 12.0. The molecule has 3 aromatic heterocycles. The predicted molar refractivity (Wildman–Crippen MR) is 87.8 cm³/mol. The molecule has 0 unspecified atom stereocenters. The average Bonchev–Trinajstić information content (AvgIpc) is 3.21. The Morgan fingerprint density at radius 2 is 1.96 bits per heavy atom. The van der Waals surface area contributed by atoms with Crippen molar-refractivity contribution in [3.05, 3.63) is 35.3 Å². The van der Waals surface area contributed by atoms with Crippen LogP contribution in [0.3, 0.4) is 0 Å². The molecule has 0 bridgehead atoms. The zero-order valence-electron chi connectivity index (χ0n) is 13.1. The van der Waals surface area contributed by atoms with E-state index in [1.165, 1.54) is 16.8 Å². The molecule has 1 aliphatic rings. The van der Waals surface area contributed by atoms with E-state index in [2.05, 4.69) is 15.4 Å². The van der Waals surface area contributed by atoms with Gasteiger partial charge < -0.3 is 10.1 Å². The molecule has 1 saturated heterocycles. The van der Waals surface area contributed by atoms with Gasteiger partial charge in [-0.25, -0.2) is 9.50 Å². The maximum atomic E-state index is 12.8. The highest BCUT2D eigenvalue weighted by atomic mass is 32.1. The summed E-state index contributed by atoms with van der Waals surface area (Å²) in [5.41, 5.74) is 1.08. The minimum atomic E-state index is -4.35. The monoisotopic (exact) mass is 368 g/mol. The molecule has 0 aliphatic carbocycles. The van der Waals surface area contributed by atoms with Gasteiger partial charge >= 0.3 is 6.18 Å². The van der Waals surface area contributed by atoms with Crippen molar-refractivity contribution in [2.24, 2.45) is 0 Å². The fourth-order valence-corrected chi connectivity index (χ4v) is 3.67. The zero-order chi connectivity index (χ0) is 17.4. The second-order valence-electron chi connectivity index (χ2n) is 5.81. The number of fused-ring (bicyclic) bond motifs is 1. The van der Waals surface area contributed by atoms with Gasteiger partial charge in [0.05, 0.1) is 11.1 Å². The Morgan fingerprint density at radius 3 is 2.68 bits per heavy atom. The summed E-state index contributed by atoms with van der Waals surface area (Å²) in [6.45, 7) is 1.80. The number of thiophene rings is 1. The van der Waals surface area contributed by atoms with Gasteiger partial charge in [-0.15, -0.1) is 16.4 Å². The molecule has 4 heterocycles. The number of ether oxygens (including phenoxy) is 1. The van der Waals surface area contributed by atoms with Crippen molar-refractivity contribution in [1.82, 2.24) is 19.9 Å². The third-order valence-corrected chi connectivity index (χ3v) is 5.20. The number of hydrogen-bond donors (Lipinski definition) is 1. The Morgan fingerprint density at radius 1 is 1.16 bits per heavy atom. The third-order valence-electron chi connectivity index (χ3n) is 4.05. The molecule has 3 aromatic rings. The van der Waals surface area contributed by atoms with Crippen LogP contribution in [0, 0.1) is 0 Å². The highest BCUT2D eigenvalue weighted by Crippen LogP contribution is 2.38. The van der Waals surface area contributed by atoms with Crippen molar-refractivity contribution in [3.8, 4) is 16.5 Å². The summed E-state index contributed by atoms with van der Waals surface area (Å²) >= 11 is 0.679. The maximum absolute atomic E-state index is 12.8. The van der Waals surface area contributed by atoms with Gasteiger partial charge in [-0.05, 0) is 44.1 Å². The van der Waals surface area contributed by atoms with Crippen molar-refractivity contribution < 1.29 is 17.9 Å². The van der Waals surface area contributed by atoms with Crippen LogP contribution in [0.5, 0.6) is 5.88 Å². The summed E-state index contributed by atoms with van der Waals surface area (Å²) in [5.74, 6) is 0.450. The van der Waals surface area contributed by atoms with Gasteiger partial charge in [-0.2, -0.15) is 13.2 Å². The first-order valence-electron chi connectivity index (χ1n) is 7.90. The fraction of sp³-hybridized carbons (Fsp3) is 0.375. The SMILES string of the molecule is FC(F)(F)c1ccc(-c2cnc3ccc(OC4CCNCC4)nn23)s1. The van der Waals surface area contributed by atoms with Gasteiger partial charge in [-0.1, -0.05) is 0 Å². The van der Waals surface area contributed by atoms with Crippen molar-refractivity contribution in [1.29, 1.82) is 0 Å². The molecule has 0 radical (unpaired) electrons. The van der Waals surface area contributed by atoms with Crippen LogP contribution in [-0.2, 0) is 6.18 Å². The summed E-state index contributed by atoms with van der Waals surface area (Å²) in [5, 5.41) is 7.68. The number of nitrogens with zero attached hydrogens (tertiary/aromatic N) is 3. The predicted octanol–water partition coefficient (Wildman–Crippen LogP) is 3.61. The van der Waals surface area contributed by atoms with Gasteiger partial charge in [0, 0.05) is 6.07 Å². The first-order valence-corrected chi connectivity index (χ1v) is 8.72. The van der Waals surface area contributed by atoms with Crippen LogP contribution < -0.4 is 10.1 Å². The van der Waals surface area contributed by atoms with Gasteiger partial charge in [0.2, 0.25) is 5.88 Å². The molecule has 0 aromatic carbocycles. The summed E-state index contributed by atoms with van der Waals surface area (Å²) < 4.78 is 45.9. The molecule has 4 rings (SSSR count). The van der Waals surface area contributed by atoms with E-state index in [-0.39, 0.29) is 6.10 Å². The molecule has 0 atom stereocenters. The molecule has 9 heteroatoms. The van der Waals surface area contributed by atoms with E-state index in [1.807, 2.05) is 0 Å². The topological polar surface area (TPSA) is 51.5 Å². The van der Waals surface area contributed by atoms with Crippen LogP contribution >= 0.6 is 11.3 Å². The van der Waals surface area contributed by atoms with Crippen molar-refractivity contribution in [2.45, 2.75) is 25.1 Å². The van der Waals surface area contributed by atoms with Gasteiger partial charge in [-0.3, -0.25) is 0 Å². The Balaban J connectivity index is 1.65. The van der Waals surface area contributed by atoms with Gasteiger partial charge in [0.25, 0.3) is 0 Å². The molecular weight excluding hydrogens is 353 g/mol. The fourth-order valence-electron chi connectivity index (χ4n) is 2.80. The molecule has 132 valence electrons. The van der Waals surface area contributed by atoms with Gasteiger partial charge in [0.15, 0.2) is 5.65 Å². The molecule has 1 fully saturated rings. The van der Waals surface area contributed by atoms with E-state index in [0.29, 0.717) is 33.4 Å². The van der Waals surface area contributed by atoms with Crippen molar-refractivity contribution >= 4 is 17.0 Å². The summed E-state index contributed by atoms with van der Waals surface area (Å²) in [7, 11) is 0. The summed E-state index contributed by atoms with van der Waals surface area (Å²) in [6.07, 6.45) is -0.924. The maximum Gasteiger partial charge on any atom is 0.425 e. The lowest BCUT2D eigenvalue weighted by Gasteiger charge is -2.23. The molecule has 0 amide bonds. The Labute approximate surface area is 145 Å². The largest absolute Gasteiger partial charge is 0.473 e. The Kier molecular flexibility index (Phi) is 4.12. The molecule has 0 spiro atoms. The van der Waals surface area contributed by atoms with E-state index in [9.17, 15) is 13.2 Å². The minimum Gasteiger partial charge on any atom is -0.473 e. The standard InChI is InChI=1S/C16H15F3N4OS/c17-16(18,19)13-2-1-12(25-13)11-9-21-14-3-4-15(22-23(11)14)24-10-5-7-20-8-6-10/h1-4,9-10,20H,5-8H2. The number of rotatable bonds is 3. The van der Waals surface area contributed by atoms with E-state index in [4.69, 9.17) is 4.74 Å². The number of aromatic nitrogens is 3. The normalized spacial score (nSPS) is 16.4. The van der Waals surface area contributed by atoms with Crippen LogP contribution in [0.1, 0.15) is 17.7 Å². The van der Waals surface area contributed by atoms with E-state index in [0.717, 1.165) is 32.0 Å². The Bertz CT molecular complexity index is 883. The quantitative estimate of drug-likeness (QED) is 0.767. The first kappa shape index (κ1) is 16.3. The van der Waals surface area contributed by atoms with Crippen molar-refractivity contribution in [3.63, 3.8) is 0 Å². The number of alkyl halides is 3. The smallest absolute Gasteiger partial charge is 0.425 e. The lowest BCUT2D eigenvalue weighted by molar-refractivity contribution is -0.134. The minimum absolute atomic E-state index is 0.0942. The van der Waals surface area contributed by atoms with Crippen LogP contribution in [0.25, 0.3) is 16.2 Å². The van der Waals surface area contributed by atoms with Gasteiger partial charge in [0.1, 0.15) is 16.7 Å². The molecule has 1 aliphatic heterocycles. The third kappa shape index (κ3) is 3.34. The number of piperidine rings is 1. The van der Waals surface area contributed by atoms with E-state index in [1.54, 1.807) is 12.1 Å². The van der Waals surface area contributed by atoms with E-state index >= 15 is 0 Å². The van der Waals surface area contributed by atoms with E-state index < -0.39 is 11.1 Å². The number of hydrogen-bond acceptors (Lipinski definition) is 5. The van der Waals surface area contributed by atoms with Crippen molar-refractivity contribution in [2.75, 3.05) is 13.1 Å². The molecular formula is C16H15F3N4OS. The summed E-state index contributed by atoms with van der Waals surface area (Å²) in [4.78, 5) is 4.04. The number of nitrogens with one attached hydrogen (secondary N) is 1. The second-order valence-corrected chi connectivity index (χ2v) is 6.90.